The molecule has 0 bridgehead atoms. The lowest BCUT2D eigenvalue weighted by Gasteiger charge is -2.30. The third kappa shape index (κ3) is 4.61. The highest BCUT2D eigenvalue weighted by molar-refractivity contribution is 7.89. The average molecular weight is 410 g/mol. The third-order valence-corrected chi connectivity index (χ3v) is 7.02. The first kappa shape index (κ1) is 19.9. The number of likely N-dealkylation sites (tertiary alicyclic amines) is 1. The molecule has 0 aromatic heterocycles. The molecule has 6 heteroatoms. The molecule has 0 spiro atoms. The monoisotopic (exact) mass is 409 g/mol. The summed E-state index contributed by atoms with van der Waals surface area (Å²) in [6.45, 7) is 2.42. The molecule has 1 aliphatic rings. The molecule has 1 heterocycles. The van der Waals surface area contributed by atoms with Crippen molar-refractivity contribution < 1.29 is 8.42 Å². The van der Waals surface area contributed by atoms with E-state index < -0.39 is 10.0 Å². The predicted molar refractivity (Wildman–Crippen MR) is 119 cm³/mol. The van der Waals surface area contributed by atoms with Crippen molar-refractivity contribution in [1.82, 2.24) is 9.62 Å². The fourth-order valence-corrected chi connectivity index (χ4v) is 5.10. The van der Waals surface area contributed by atoms with Gasteiger partial charge in [-0.1, -0.05) is 54.6 Å². The number of fused-ring (bicyclic) bond motifs is 1. The Kier molecular flexibility index (Phi) is 5.85. The fourth-order valence-electron chi connectivity index (χ4n) is 3.87. The van der Waals surface area contributed by atoms with Crippen molar-refractivity contribution in [3.8, 4) is 0 Å². The van der Waals surface area contributed by atoms with Crippen LogP contribution in [0.4, 0.5) is 5.69 Å². The van der Waals surface area contributed by atoms with Gasteiger partial charge in [-0.2, -0.15) is 0 Å². The molecule has 0 radical (unpaired) electrons. The van der Waals surface area contributed by atoms with Crippen LogP contribution in [-0.4, -0.2) is 39.5 Å². The number of benzene rings is 3. The summed E-state index contributed by atoms with van der Waals surface area (Å²) in [6, 6.07) is 21.3. The topological polar surface area (TPSA) is 61.4 Å². The van der Waals surface area contributed by atoms with E-state index in [-0.39, 0.29) is 6.54 Å². The second kappa shape index (κ2) is 8.53. The number of nitrogens with zero attached hydrogens (tertiary/aromatic N) is 1. The molecule has 0 aliphatic carbocycles. The molecule has 1 aliphatic heterocycles. The number of piperidine rings is 1. The number of hydrogen-bond acceptors (Lipinski definition) is 4. The highest BCUT2D eigenvalue weighted by Gasteiger charge is 2.20. The van der Waals surface area contributed by atoms with Gasteiger partial charge in [-0.25, -0.2) is 13.1 Å². The molecule has 3 aromatic carbocycles. The summed E-state index contributed by atoms with van der Waals surface area (Å²) in [5, 5.41) is 5.32. The first-order chi connectivity index (χ1) is 14.0. The fraction of sp³-hybridized carbons (Fsp3) is 0.304. The lowest BCUT2D eigenvalue weighted by molar-refractivity contribution is 0.264. The molecule has 1 fully saturated rings. The van der Waals surface area contributed by atoms with E-state index >= 15 is 0 Å². The second-order valence-corrected chi connectivity index (χ2v) is 9.42. The van der Waals surface area contributed by atoms with Gasteiger partial charge in [0.25, 0.3) is 0 Å². The molecular weight excluding hydrogens is 382 g/mol. The Hall–Kier alpha value is -2.41. The van der Waals surface area contributed by atoms with Crippen molar-refractivity contribution in [2.45, 2.75) is 30.3 Å². The first-order valence-electron chi connectivity index (χ1n) is 10.0. The van der Waals surface area contributed by atoms with E-state index in [0.717, 1.165) is 48.0 Å². The highest BCUT2D eigenvalue weighted by Crippen LogP contribution is 2.30. The van der Waals surface area contributed by atoms with E-state index in [1.54, 1.807) is 6.07 Å². The van der Waals surface area contributed by atoms with Crippen molar-refractivity contribution in [3.05, 3.63) is 72.3 Å². The van der Waals surface area contributed by atoms with E-state index in [0.29, 0.717) is 10.9 Å². The van der Waals surface area contributed by atoms with Crippen LogP contribution in [0.25, 0.3) is 10.8 Å². The van der Waals surface area contributed by atoms with E-state index in [2.05, 4.69) is 22.0 Å². The molecule has 2 N–H and O–H groups in total. The number of anilines is 1. The summed E-state index contributed by atoms with van der Waals surface area (Å²) in [5.41, 5.74) is 1.93. The van der Waals surface area contributed by atoms with Crippen molar-refractivity contribution in [1.29, 1.82) is 0 Å². The Bertz CT molecular complexity index is 1080. The normalized spacial score (nSPS) is 16.2. The van der Waals surface area contributed by atoms with Gasteiger partial charge in [0, 0.05) is 29.0 Å². The van der Waals surface area contributed by atoms with Gasteiger partial charge in [0.1, 0.15) is 0 Å². The number of rotatable bonds is 6. The summed E-state index contributed by atoms with van der Waals surface area (Å²) >= 11 is 0. The van der Waals surface area contributed by atoms with Gasteiger partial charge in [0.2, 0.25) is 10.0 Å². The van der Waals surface area contributed by atoms with Crippen LogP contribution in [0.1, 0.15) is 18.4 Å². The van der Waals surface area contributed by atoms with Crippen molar-refractivity contribution >= 4 is 26.5 Å². The summed E-state index contributed by atoms with van der Waals surface area (Å²) in [6.07, 6.45) is 2.17. The lowest BCUT2D eigenvalue weighted by atomic mass is 10.0. The van der Waals surface area contributed by atoms with Crippen LogP contribution in [0.15, 0.2) is 71.6 Å². The van der Waals surface area contributed by atoms with Crippen LogP contribution in [-0.2, 0) is 16.6 Å². The van der Waals surface area contributed by atoms with Crippen molar-refractivity contribution in [3.63, 3.8) is 0 Å². The average Bonchev–Trinajstić information content (AvgIpc) is 2.74. The Labute approximate surface area is 172 Å². The summed E-state index contributed by atoms with van der Waals surface area (Å²) in [7, 11) is -1.48. The SMILES string of the molecule is CN1CCC(Nc2cccc3c(S(=O)(=O)NCc4ccccc4)cccc23)CC1. The highest BCUT2D eigenvalue weighted by atomic mass is 32.2. The summed E-state index contributed by atoms with van der Waals surface area (Å²) < 4.78 is 28.8. The van der Waals surface area contributed by atoms with E-state index in [9.17, 15) is 8.42 Å². The zero-order valence-corrected chi connectivity index (χ0v) is 17.5. The summed E-state index contributed by atoms with van der Waals surface area (Å²) in [5.74, 6) is 0. The summed E-state index contributed by atoms with van der Waals surface area (Å²) in [4.78, 5) is 2.66. The molecule has 4 rings (SSSR count). The molecule has 1 saturated heterocycles. The van der Waals surface area contributed by atoms with Crippen molar-refractivity contribution in [2.75, 3.05) is 25.5 Å². The molecule has 5 nitrogen and oxygen atoms in total. The minimum atomic E-state index is -3.63. The van der Waals surface area contributed by atoms with Crippen LogP contribution < -0.4 is 10.0 Å². The van der Waals surface area contributed by atoms with Crippen LogP contribution in [0.2, 0.25) is 0 Å². The van der Waals surface area contributed by atoms with Crippen molar-refractivity contribution in [2.24, 2.45) is 0 Å². The van der Waals surface area contributed by atoms with Crippen LogP contribution in [0.5, 0.6) is 0 Å². The lowest BCUT2D eigenvalue weighted by Crippen LogP contribution is -2.36. The predicted octanol–water partition coefficient (Wildman–Crippen LogP) is 3.82. The molecule has 3 aromatic rings. The Morgan fingerprint density at radius 1 is 0.897 bits per heavy atom. The number of sulfonamides is 1. The maximum absolute atomic E-state index is 13.0. The maximum atomic E-state index is 13.0. The Morgan fingerprint density at radius 2 is 1.59 bits per heavy atom. The molecule has 0 unspecified atom stereocenters. The maximum Gasteiger partial charge on any atom is 0.241 e. The first-order valence-corrected chi connectivity index (χ1v) is 11.5. The number of hydrogen-bond donors (Lipinski definition) is 2. The molecular formula is C23H27N3O2S. The van der Waals surface area contributed by atoms with Gasteiger partial charge >= 0.3 is 0 Å². The van der Waals surface area contributed by atoms with Crippen LogP contribution in [0.3, 0.4) is 0 Å². The molecule has 0 atom stereocenters. The Morgan fingerprint density at radius 3 is 2.34 bits per heavy atom. The van der Waals surface area contributed by atoms with Gasteiger partial charge in [-0.05, 0) is 50.7 Å². The van der Waals surface area contributed by atoms with Gasteiger partial charge in [0.15, 0.2) is 0 Å². The van der Waals surface area contributed by atoms with Gasteiger partial charge in [0.05, 0.1) is 4.90 Å². The minimum absolute atomic E-state index is 0.271. The molecule has 29 heavy (non-hydrogen) atoms. The Balaban J connectivity index is 1.60. The van der Waals surface area contributed by atoms with E-state index in [4.69, 9.17) is 0 Å². The van der Waals surface area contributed by atoms with E-state index in [1.165, 1.54) is 0 Å². The largest absolute Gasteiger partial charge is 0.382 e. The quantitative estimate of drug-likeness (QED) is 0.650. The van der Waals surface area contributed by atoms with Gasteiger partial charge in [-0.3, -0.25) is 0 Å². The van der Waals surface area contributed by atoms with Gasteiger partial charge < -0.3 is 10.2 Å². The number of nitrogens with one attached hydrogen (secondary N) is 2. The molecule has 0 amide bonds. The third-order valence-electron chi connectivity index (χ3n) is 5.56. The van der Waals surface area contributed by atoms with Crippen LogP contribution in [0, 0.1) is 0 Å². The standard InChI is InChI=1S/C23H27N3O2S/c1-26-15-13-19(14-16-26)25-22-11-5-10-21-20(22)9-6-12-23(21)29(27,28)24-17-18-7-3-2-4-8-18/h2-12,19,24-25H,13-17H2,1H3. The molecule has 0 saturated carbocycles. The van der Waals surface area contributed by atoms with E-state index in [1.807, 2.05) is 60.7 Å². The van der Waals surface area contributed by atoms with Crippen LogP contribution >= 0.6 is 0 Å². The zero-order valence-electron chi connectivity index (χ0n) is 16.6. The minimum Gasteiger partial charge on any atom is -0.382 e. The second-order valence-electron chi connectivity index (χ2n) is 7.69. The smallest absolute Gasteiger partial charge is 0.241 e. The van der Waals surface area contributed by atoms with Gasteiger partial charge in [-0.15, -0.1) is 0 Å². The molecule has 152 valence electrons. The zero-order chi connectivity index (χ0) is 20.3.